The van der Waals surface area contributed by atoms with E-state index in [9.17, 15) is 19.8 Å². The van der Waals surface area contributed by atoms with Crippen LogP contribution in [0, 0.1) is 39.9 Å². The van der Waals surface area contributed by atoms with Crippen molar-refractivity contribution in [2.24, 2.45) is 39.9 Å². The van der Waals surface area contributed by atoms with Crippen molar-refractivity contribution in [1.82, 2.24) is 5.32 Å². The van der Waals surface area contributed by atoms with E-state index in [2.05, 4.69) is 12.2 Å². The maximum atomic E-state index is 12.3. The number of carboxylic acids is 1. The fourth-order valence-corrected chi connectivity index (χ4v) is 8.52. The van der Waals surface area contributed by atoms with Crippen molar-refractivity contribution in [3.05, 3.63) is 0 Å². The number of carbonyl (C=O) groups excluding carboxylic acids is 1. The van der Waals surface area contributed by atoms with Crippen molar-refractivity contribution in [2.45, 2.75) is 97.7 Å². The van der Waals surface area contributed by atoms with Gasteiger partial charge in [-0.05, 0) is 95.8 Å². The largest absolute Gasteiger partial charge is 0.481 e. The number of nitrogens with one attached hydrogen (secondary N) is 1. The van der Waals surface area contributed by atoms with Crippen LogP contribution in [0.25, 0.3) is 0 Å². The van der Waals surface area contributed by atoms with Gasteiger partial charge in [-0.3, -0.25) is 4.79 Å². The van der Waals surface area contributed by atoms with Gasteiger partial charge in [-0.15, -0.1) is 0 Å². The van der Waals surface area contributed by atoms with Crippen molar-refractivity contribution >= 4 is 12.1 Å². The summed E-state index contributed by atoms with van der Waals surface area (Å²) in [4.78, 5) is 24.5. The molecule has 5 fully saturated rings. The number of hydrogen-bond acceptors (Lipinski definition) is 4. The molecule has 176 valence electrons. The second-order valence-corrected chi connectivity index (χ2v) is 12.5. The van der Waals surface area contributed by atoms with E-state index in [1.807, 2.05) is 27.7 Å². The van der Waals surface area contributed by atoms with Crippen LogP contribution >= 0.6 is 0 Å². The SMILES string of the molecule is CC(C)(C)OC(=O)NC[C@H]1[C@H]2CC[C@@]3(CC[C@H]4[C@@](C)(CCC[C@@]4(C)C(=O)O)[C@@H]3C2)[C@@H]1O. The van der Waals surface area contributed by atoms with E-state index in [-0.39, 0.29) is 22.7 Å². The second-order valence-electron chi connectivity index (χ2n) is 12.5. The Morgan fingerprint density at radius 1 is 1.06 bits per heavy atom. The van der Waals surface area contributed by atoms with Gasteiger partial charge in [-0.1, -0.05) is 13.3 Å². The van der Waals surface area contributed by atoms with Crippen LogP contribution in [-0.2, 0) is 9.53 Å². The molecule has 0 heterocycles. The smallest absolute Gasteiger partial charge is 0.407 e. The summed E-state index contributed by atoms with van der Waals surface area (Å²) in [5.74, 6) is 0.300. The molecule has 6 heteroatoms. The monoisotopic (exact) mass is 435 g/mol. The van der Waals surface area contributed by atoms with Crippen LogP contribution < -0.4 is 5.32 Å². The summed E-state index contributed by atoms with van der Waals surface area (Å²) < 4.78 is 5.39. The first kappa shape index (κ1) is 22.9. The van der Waals surface area contributed by atoms with Crippen LogP contribution in [0.5, 0.6) is 0 Å². The number of ether oxygens (including phenoxy) is 1. The van der Waals surface area contributed by atoms with Gasteiger partial charge in [0.05, 0.1) is 11.5 Å². The molecule has 6 nitrogen and oxygen atoms in total. The number of hydrogen-bond donors (Lipinski definition) is 3. The fourth-order valence-electron chi connectivity index (χ4n) is 8.52. The molecule has 2 bridgehead atoms. The lowest BCUT2D eigenvalue weighted by Gasteiger charge is -2.69. The summed E-state index contributed by atoms with van der Waals surface area (Å²) >= 11 is 0. The Hall–Kier alpha value is -1.30. The number of carbonyl (C=O) groups is 2. The molecule has 5 rings (SSSR count). The summed E-state index contributed by atoms with van der Waals surface area (Å²) in [7, 11) is 0. The summed E-state index contributed by atoms with van der Waals surface area (Å²) in [6, 6.07) is 0. The second kappa shape index (κ2) is 7.36. The van der Waals surface area contributed by atoms with Crippen molar-refractivity contribution < 1.29 is 24.5 Å². The third kappa shape index (κ3) is 3.48. The lowest BCUT2D eigenvalue weighted by Crippen LogP contribution is -2.67. The molecule has 0 aromatic rings. The summed E-state index contributed by atoms with van der Waals surface area (Å²) in [5.41, 5.74) is -1.37. The van der Waals surface area contributed by atoms with Crippen LogP contribution in [0.4, 0.5) is 4.79 Å². The molecule has 0 radical (unpaired) electrons. The molecule has 1 amide bonds. The Morgan fingerprint density at radius 3 is 2.39 bits per heavy atom. The maximum absolute atomic E-state index is 12.3. The van der Waals surface area contributed by atoms with Crippen molar-refractivity contribution in [2.75, 3.05) is 6.54 Å². The van der Waals surface area contributed by atoms with Crippen LogP contribution in [0.15, 0.2) is 0 Å². The molecule has 5 aliphatic carbocycles. The molecule has 0 saturated heterocycles. The van der Waals surface area contributed by atoms with Gasteiger partial charge in [0.15, 0.2) is 0 Å². The van der Waals surface area contributed by atoms with Gasteiger partial charge < -0.3 is 20.3 Å². The topological polar surface area (TPSA) is 95.9 Å². The molecule has 0 aromatic heterocycles. The lowest BCUT2D eigenvalue weighted by atomic mass is 9.35. The summed E-state index contributed by atoms with van der Waals surface area (Å²) in [5, 5.41) is 24.6. The Labute approximate surface area is 186 Å². The van der Waals surface area contributed by atoms with E-state index in [1.165, 1.54) is 0 Å². The lowest BCUT2D eigenvalue weighted by molar-refractivity contribution is -0.243. The summed E-state index contributed by atoms with van der Waals surface area (Å²) in [6.45, 7) is 10.3. The first-order valence-corrected chi connectivity index (χ1v) is 12.2. The number of rotatable bonds is 3. The van der Waals surface area contributed by atoms with Crippen molar-refractivity contribution in [3.63, 3.8) is 0 Å². The molecule has 3 N–H and O–H groups in total. The standard InChI is InChI=1S/C25H41NO5/c1-22(2,3)31-21(30)26-14-16-15-7-11-25(19(16)27)12-8-17-23(4,18(25)13-15)9-6-10-24(17,5)20(28)29/h15-19,27H,6-14H2,1-5H3,(H,26,30)(H,28,29)/t15-,16-,17-,18-,19+,23+,24+,25-/m0/s1. The Morgan fingerprint density at radius 2 is 1.74 bits per heavy atom. The zero-order valence-electron chi connectivity index (χ0n) is 19.9. The minimum Gasteiger partial charge on any atom is -0.481 e. The minimum absolute atomic E-state index is 0.0349. The number of aliphatic carboxylic acids is 1. The summed E-state index contributed by atoms with van der Waals surface area (Å²) in [6.07, 6.45) is 6.84. The van der Waals surface area contributed by atoms with E-state index >= 15 is 0 Å². The molecular weight excluding hydrogens is 394 g/mol. The van der Waals surface area contributed by atoms with E-state index in [1.54, 1.807) is 0 Å². The fraction of sp³-hybridized carbons (Fsp3) is 0.920. The Balaban J connectivity index is 1.54. The predicted molar refractivity (Wildman–Crippen MR) is 117 cm³/mol. The third-order valence-electron chi connectivity index (χ3n) is 9.85. The molecule has 1 spiro atoms. The highest BCUT2D eigenvalue weighted by atomic mass is 16.6. The Bertz CT molecular complexity index is 747. The van der Waals surface area contributed by atoms with Crippen LogP contribution in [0.3, 0.4) is 0 Å². The average Bonchev–Trinajstić information content (AvgIpc) is 2.66. The van der Waals surface area contributed by atoms with Gasteiger partial charge in [0.2, 0.25) is 0 Å². The van der Waals surface area contributed by atoms with Gasteiger partial charge in [0.1, 0.15) is 5.60 Å². The number of carboxylic acid groups (broad SMARTS) is 1. The van der Waals surface area contributed by atoms with Gasteiger partial charge in [-0.2, -0.15) is 0 Å². The third-order valence-corrected chi connectivity index (χ3v) is 9.85. The zero-order chi connectivity index (χ0) is 22.8. The molecule has 5 aliphatic rings. The van der Waals surface area contributed by atoms with Gasteiger partial charge in [0, 0.05) is 17.9 Å². The molecule has 0 aromatic carbocycles. The van der Waals surface area contributed by atoms with Gasteiger partial charge >= 0.3 is 12.1 Å². The Kier molecular flexibility index (Phi) is 5.43. The van der Waals surface area contributed by atoms with Gasteiger partial charge in [0.25, 0.3) is 0 Å². The van der Waals surface area contributed by atoms with Crippen LogP contribution in [-0.4, -0.2) is 40.5 Å². The predicted octanol–water partition coefficient (Wildman–Crippen LogP) is 4.60. The first-order chi connectivity index (χ1) is 14.3. The molecule has 31 heavy (non-hydrogen) atoms. The normalized spacial score (nSPS) is 46.6. The van der Waals surface area contributed by atoms with Crippen molar-refractivity contribution in [3.8, 4) is 0 Å². The number of aliphatic hydroxyl groups excluding tert-OH is 1. The maximum Gasteiger partial charge on any atom is 0.407 e. The molecule has 0 aliphatic heterocycles. The number of amides is 1. The van der Waals surface area contributed by atoms with Crippen LogP contribution in [0.1, 0.15) is 86.0 Å². The van der Waals surface area contributed by atoms with Crippen LogP contribution in [0.2, 0.25) is 0 Å². The van der Waals surface area contributed by atoms with E-state index < -0.39 is 29.2 Å². The minimum atomic E-state index is -0.659. The van der Waals surface area contributed by atoms with E-state index in [4.69, 9.17) is 4.74 Å². The highest BCUT2D eigenvalue weighted by molar-refractivity contribution is 5.75. The first-order valence-electron chi connectivity index (χ1n) is 12.2. The quantitative estimate of drug-likeness (QED) is 0.602. The highest BCUT2D eigenvalue weighted by Crippen LogP contribution is 2.72. The molecule has 5 saturated carbocycles. The molecule has 0 unspecified atom stereocenters. The number of alkyl carbamates (subject to hydrolysis) is 1. The molecule has 8 atom stereocenters. The van der Waals surface area contributed by atoms with Gasteiger partial charge in [-0.25, -0.2) is 4.79 Å². The number of fused-ring (bicyclic) bond motifs is 3. The zero-order valence-corrected chi connectivity index (χ0v) is 19.9. The number of aliphatic hydroxyl groups is 1. The molecular formula is C25H41NO5. The average molecular weight is 436 g/mol. The van der Waals surface area contributed by atoms with E-state index in [0.717, 1.165) is 51.4 Å². The van der Waals surface area contributed by atoms with Crippen molar-refractivity contribution in [1.29, 1.82) is 0 Å². The highest BCUT2D eigenvalue weighted by Gasteiger charge is 2.68. The van der Waals surface area contributed by atoms with E-state index in [0.29, 0.717) is 18.4 Å².